The summed E-state index contributed by atoms with van der Waals surface area (Å²) in [7, 11) is 0. The Morgan fingerprint density at radius 1 is 1.29 bits per heavy atom. The minimum atomic E-state index is -0.165. The molecule has 0 aromatic heterocycles. The van der Waals surface area contributed by atoms with Crippen LogP contribution in [0.2, 0.25) is 0 Å². The highest BCUT2D eigenvalue weighted by atomic mass is 16.1. The number of benzene rings is 1. The van der Waals surface area contributed by atoms with Crippen LogP contribution in [-0.2, 0) is 4.79 Å². The first-order chi connectivity index (χ1) is 6.65. The van der Waals surface area contributed by atoms with Gasteiger partial charge in [-0.2, -0.15) is 0 Å². The highest BCUT2D eigenvalue weighted by Gasteiger charge is 2.08. The van der Waals surface area contributed by atoms with Crippen molar-refractivity contribution >= 4 is 17.4 Å². The SMILES string of the molecule is CCC(=O)c1ccccc1NC(C)=O. The molecule has 0 spiro atoms. The number of carbonyl (C=O) groups is 2. The normalized spacial score (nSPS) is 9.57. The van der Waals surface area contributed by atoms with Gasteiger partial charge in [-0.3, -0.25) is 9.59 Å². The van der Waals surface area contributed by atoms with E-state index < -0.39 is 0 Å². The zero-order chi connectivity index (χ0) is 10.6. The van der Waals surface area contributed by atoms with Crippen molar-refractivity contribution in [2.45, 2.75) is 20.3 Å². The number of para-hydroxylation sites is 1. The third kappa shape index (κ3) is 2.42. The van der Waals surface area contributed by atoms with Gasteiger partial charge in [0.05, 0.1) is 5.69 Å². The molecule has 0 heterocycles. The van der Waals surface area contributed by atoms with E-state index >= 15 is 0 Å². The van der Waals surface area contributed by atoms with Crippen LogP contribution < -0.4 is 5.32 Å². The average Bonchev–Trinajstić information content (AvgIpc) is 2.16. The maximum Gasteiger partial charge on any atom is 0.221 e. The van der Waals surface area contributed by atoms with Crippen LogP contribution in [-0.4, -0.2) is 11.7 Å². The third-order valence-electron chi connectivity index (χ3n) is 1.86. The summed E-state index contributed by atoms with van der Waals surface area (Å²) in [6.45, 7) is 3.22. The van der Waals surface area contributed by atoms with Gasteiger partial charge < -0.3 is 5.32 Å². The Kier molecular flexibility index (Phi) is 3.40. The minimum absolute atomic E-state index is 0.0364. The van der Waals surface area contributed by atoms with Gasteiger partial charge in [0.15, 0.2) is 5.78 Å². The zero-order valence-corrected chi connectivity index (χ0v) is 8.33. The highest BCUT2D eigenvalue weighted by Crippen LogP contribution is 2.16. The molecule has 1 N–H and O–H groups in total. The van der Waals surface area contributed by atoms with E-state index in [1.807, 2.05) is 0 Å². The summed E-state index contributed by atoms with van der Waals surface area (Å²) in [5, 5.41) is 2.63. The molecule has 1 aromatic rings. The van der Waals surface area contributed by atoms with E-state index in [0.717, 1.165) is 0 Å². The van der Waals surface area contributed by atoms with E-state index in [4.69, 9.17) is 0 Å². The first kappa shape index (κ1) is 10.4. The highest BCUT2D eigenvalue weighted by molar-refractivity contribution is 6.04. The standard InChI is InChI=1S/C11H13NO2/c1-3-11(14)9-6-4-5-7-10(9)12-8(2)13/h4-7H,3H2,1-2H3,(H,12,13). The second-order valence-electron chi connectivity index (χ2n) is 3.00. The lowest BCUT2D eigenvalue weighted by Crippen LogP contribution is -2.10. The molecule has 0 saturated heterocycles. The Morgan fingerprint density at radius 3 is 2.50 bits per heavy atom. The molecule has 0 fully saturated rings. The second-order valence-corrected chi connectivity index (χ2v) is 3.00. The molecule has 1 rings (SSSR count). The van der Waals surface area contributed by atoms with Crippen molar-refractivity contribution in [1.29, 1.82) is 0 Å². The summed E-state index contributed by atoms with van der Waals surface area (Å²) in [5.74, 6) is -0.129. The Labute approximate surface area is 83.1 Å². The Bertz CT molecular complexity index is 358. The van der Waals surface area contributed by atoms with E-state index in [9.17, 15) is 9.59 Å². The Morgan fingerprint density at radius 2 is 1.93 bits per heavy atom. The van der Waals surface area contributed by atoms with Crippen molar-refractivity contribution in [3.8, 4) is 0 Å². The van der Waals surface area contributed by atoms with E-state index in [2.05, 4.69) is 5.32 Å². The van der Waals surface area contributed by atoms with Crippen LogP contribution in [0.5, 0.6) is 0 Å². The number of hydrogen-bond donors (Lipinski definition) is 1. The molecule has 0 unspecified atom stereocenters. The summed E-state index contributed by atoms with van der Waals surface area (Å²) < 4.78 is 0. The van der Waals surface area contributed by atoms with E-state index in [1.165, 1.54) is 6.92 Å². The molecule has 0 aliphatic carbocycles. The van der Waals surface area contributed by atoms with Crippen LogP contribution in [0.15, 0.2) is 24.3 Å². The number of amides is 1. The lowest BCUT2D eigenvalue weighted by atomic mass is 10.1. The fourth-order valence-corrected chi connectivity index (χ4v) is 1.22. The molecule has 0 saturated carbocycles. The number of rotatable bonds is 3. The quantitative estimate of drug-likeness (QED) is 0.745. The first-order valence-corrected chi connectivity index (χ1v) is 4.55. The molecule has 1 amide bonds. The second kappa shape index (κ2) is 4.56. The molecule has 0 atom stereocenters. The molecule has 74 valence electrons. The predicted octanol–water partition coefficient (Wildman–Crippen LogP) is 2.24. The summed E-state index contributed by atoms with van der Waals surface area (Å²) in [6, 6.07) is 7.02. The van der Waals surface area contributed by atoms with Gasteiger partial charge >= 0.3 is 0 Å². The number of anilines is 1. The van der Waals surface area contributed by atoms with Crippen molar-refractivity contribution in [1.82, 2.24) is 0 Å². The molecule has 0 aliphatic heterocycles. The van der Waals surface area contributed by atoms with Crippen molar-refractivity contribution < 1.29 is 9.59 Å². The topological polar surface area (TPSA) is 46.2 Å². The van der Waals surface area contributed by atoms with Crippen molar-refractivity contribution in [3.05, 3.63) is 29.8 Å². The van der Waals surface area contributed by atoms with Gasteiger partial charge in [-0.25, -0.2) is 0 Å². The predicted molar refractivity (Wildman–Crippen MR) is 55.4 cm³/mol. The molecule has 0 radical (unpaired) electrons. The van der Waals surface area contributed by atoms with E-state index in [0.29, 0.717) is 17.7 Å². The zero-order valence-electron chi connectivity index (χ0n) is 8.33. The van der Waals surface area contributed by atoms with Crippen LogP contribution in [0.25, 0.3) is 0 Å². The van der Waals surface area contributed by atoms with Crippen LogP contribution in [0.1, 0.15) is 30.6 Å². The number of Topliss-reactive ketones (excluding diaryl/α,β-unsaturated/α-hetero) is 1. The van der Waals surface area contributed by atoms with Gasteiger partial charge in [-0.1, -0.05) is 19.1 Å². The van der Waals surface area contributed by atoms with Gasteiger partial charge in [0.2, 0.25) is 5.91 Å². The molecule has 1 aromatic carbocycles. The Hall–Kier alpha value is -1.64. The number of nitrogens with one attached hydrogen (secondary N) is 1. The van der Waals surface area contributed by atoms with Crippen LogP contribution in [0.3, 0.4) is 0 Å². The first-order valence-electron chi connectivity index (χ1n) is 4.55. The molecule has 0 aliphatic rings. The van der Waals surface area contributed by atoms with E-state index in [1.54, 1.807) is 31.2 Å². The van der Waals surface area contributed by atoms with Crippen molar-refractivity contribution in [3.63, 3.8) is 0 Å². The lowest BCUT2D eigenvalue weighted by Gasteiger charge is -2.07. The fraction of sp³-hybridized carbons (Fsp3) is 0.273. The number of ketones is 1. The maximum absolute atomic E-state index is 11.5. The molecule has 3 heteroatoms. The Balaban J connectivity index is 3.02. The molecule has 0 bridgehead atoms. The minimum Gasteiger partial charge on any atom is -0.326 e. The van der Waals surface area contributed by atoms with Crippen LogP contribution >= 0.6 is 0 Å². The average molecular weight is 191 g/mol. The van der Waals surface area contributed by atoms with Gasteiger partial charge in [-0.15, -0.1) is 0 Å². The van der Waals surface area contributed by atoms with Crippen LogP contribution in [0.4, 0.5) is 5.69 Å². The van der Waals surface area contributed by atoms with Crippen LogP contribution in [0, 0.1) is 0 Å². The lowest BCUT2D eigenvalue weighted by molar-refractivity contribution is -0.114. The van der Waals surface area contributed by atoms with Crippen molar-refractivity contribution in [2.24, 2.45) is 0 Å². The fourth-order valence-electron chi connectivity index (χ4n) is 1.22. The monoisotopic (exact) mass is 191 g/mol. The summed E-state index contributed by atoms with van der Waals surface area (Å²) >= 11 is 0. The summed E-state index contributed by atoms with van der Waals surface area (Å²) in [5.41, 5.74) is 1.16. The van der Waals surface area contributed by atoms with Gasteiger partial charge in [-0.05, 0) is 12.1 Å². The van der Waals surface area contributed by atoms with Crippen molar-refractivity contribution in [2.75, 3.05) is 5.32 Å². The molecule has 3 nitrogen and oxygen atoms in total. The number of hydrogen-bond acceptors (Lipinski definition) is 2. The van der Waals surface area contributed by atoms with Gasteiger partial charge in [0.25, 0.3) is 0 Å². The van der Waals surface area contributed by atoms with E-state index in [-0.39, 0.29) is 11.7 Å². The maximum atomic E-state index is 11.5. The number of carbonyl (C=O) groups excluding carboxylic acids is 2. The smallest absolute Gasteiger partial charge is 0.221 e. The summed E-state index contributed by atoms with van der Waals surface area (Å²) in [6.07, 6.45) is 0.441. The van der Waals surface area contributed by atoms with Gasteiger partial charge in [0, 0.05) is 18.9 Å². The third-order valence-corrected chi connectivity index (χ3v) is 1.86. The summed E-state index contributed by atoms with van der Waals surface area (Å²) in [4.78, 5) is 22.3. The van der Waals surface area contributed by atoms with Gasteiger partial charge in [0.1, 0.15) is 0 Å². The largest absolute Gasteiger partial charge is 0.326 e. The molecular weight excluding hydrogens is 178 g/mol. The molecule has 14 heavy (non-hydrogen) atoms. The molecular formula is C11H13NO2.